The van der Waals surface area contributed by atoms with E-state index in [0.717, 1.165) is 24.1 Å². The van der Waals surface area contributed by atoms with Gasteiger partial charge < -0.3 is 14.8 Å². The van der Waals surface area contributed by atoms with E-state index in [1.165, 1.54) is 6.07 Å². The average molecular weight is 294 g/mol. The molecule has 0 unspecified atom stereocenters. The first-order valence-corrected chi connectivity index (χ1v) is 6.84. The summed E-state index contributed by atoms with van der Waals surface area (Å²) >= 11 is 0. The van der Waals surface area contributed by atoms with Gasteiger partial charge in [-0.2, -0.15) is 0 Å². The Hall–Kier alpha value is -1.92. The van der Waals surface area contributed by atoms with Crippen molar-refractivity contribution in [3.8, 4) is 5.75 Å². The predicted octanol–water partition coefficient (Wildman–Crippen LogP) is 2.68. The molecular weight excluding hydrogens is 272 g/mol. The van der Waals surface area contributed by atoms with Crippen LogP contribution in [0.2, 0.25) is 0 Å². The van der Waals surface area contributed by atoms with E-state index in [4.69, 9.17) is 9.47 Å². The molecule has 21 heavy (non-hydrogen) atoms. The van der Waals surface area contributed by atoms with Gasteiger partial charge in [0.1, 0.15) is 6.61 Å². The largest absolute Gasteiger partial charge is 0.482 e. The fourth-order valence-corrected chi connectivity index (χ4v) is 1.62. The number of nitrogens with zero attached hydrogens (tertiary/aromatic N) is 1. The van der Waals surface area contributed by atoms with Gasteiger partial charge in [0.15, 0.2) is 5.75 Å². The van der Waals surface area contributed by atoms with Crippen molar-refractivity contribution >= 4 is 5.69 Å². The molecule has 6 nitrogen and oxygen atoms in total. The minimum absolute atomic E-state index is 0.0282. The van der Waals surface area contributed by atoms with Gasteiger partial charge in [-0.3, -0.25) is 10.1 Å². The highest BCUT2D eigenvalue weighted by molar-refractivity contribution is 5.48. The molecule has 0 aliphatic carbocycles. The maximum Gasteiger partial charge on any atom is 0.310 e. The standard InChI is InChI=1S/C15H22N2O4/c1-4-12(2)11-21-15-9-13(10-16-7-8-20-3)5-6-14(15)17(18)19/h5-6,9,16H,2,4,7-8,10-11H2,1,3H3. The number of hydrogen-bond acceptors (Lipinski definition) is 5. The highest BCUT2D eigenvalue weighted by Crippen LogP contribution is 2.28. The Morgan fingerprint density at radius 2 is 2.24 bits per heavy atom. The van der Waals surface area contributed by atoms with E-state index in [1.54, 1.807) is 19.2 Å². The molecule has 0 heterocycles. The lowest BCUT2D eigenvalue weighted by molar-refractivity contribution is -0.385. The van der Waals surface area contributed by atoms with Crippen LogP contribution in [0.15, 0.2) is 30.4 Å². The Kier molecular flexibility index (Phi) is 7.42. The number of nitrogens with one attached hydrogen (secondary N) is 1. The topological polar surface area (TPSA) is 73.6 Å². The third-order valence-corrected chi connectivity index (χ3v) is 2.96. The molecule has 0 aliphatic rings. The van der Waals surface area contributed by atoms with Crippen LogP contribution in [-0.2, 0) is 11.3 Å². The lowest BCUT2D eigenvalue weighted by Gasteiger charge is -2.10. The van der Waals surface area contributed by atoms with Crippen molar-refractivity contribution in [3.05, 3.63) is 46.0 Å². The van der Waals surface area contributed by atoms with E-state index in [0.29, 0.717) is 13.2 Å². The molecule has 0 bridgehead atoms. The lowest BCUT2D eigenvalue weighted by atomic mass is 10.2. The van der Waals surface area contributed by atoms with Crippen molar-refractivity contribution in [1.82, 2.24) is 5.32 Å². The molecule has 0 amide bonds. The molecule has 1 aromatic rings. The molecule has 116 valence electrons. The van der Waals surface area contributed by atoms with Crippen molar-refractivity contribution in [1.29, 1.82) is 0 Å². The highest BCUT2D eigenvalue weighted by atomic mass is 16.6. The summed E-state index contributed by atoms with van der Waals surface area (Å²) in [5.74, 6) is 0.278. The number of hydrogen-bond donors (Lipinski definition) is 1. The third-order valence-electron chi connectivity index (χ3n) is 2.96. The van der Waals surface area contributed by atoms with E-state index < -0.39 is 4.92 Å². The monoisotopic (exact) mass is 294 g/mol. The first kappa shape index (κ1) is 17.1. The molecule has 6 heteroatoms. The SMILES string of the molecule is C=C(CC)COc1cc(CNCCOC)ccc1[N+](=O)[O-]. The third kappa shape index (κ3) is 5.93. The molecule has 1 rings (SSSR count). The van der Waals surface area contributed by atoms with Gasteiger partial charge in [-0.05, 0) is 23.6 Å². The molecule has 0 radical (unpaired) electrons. The normalized spacial score (nSPS) is 10.4. The van der Waals surface area contributed by atoms with Crippen LogP contribution in [0.5, 0.6) is 5.75 Å². The zero-order chi connectivity index (χ0) is 15.7. The molecular formula is C15H22N2O4. The molecule has 0 saturated heterocycles. The van der Waals surface area contributed by atoms with Crippen molar-refractivity contribution in [2.24, 2.45) is 0 Å². The van der Waals surface area contributed by atoms with Gasteiger partial charge in [-0.15, -0.1) is 0 Å². The quantitative estimate of drug-likeness (QED) is 0.311. The summed E-state index contributed by atoms with van der Waals surface area (Å²) < 4.78 is 10.5. The molecule has 0 spiro atoms. The molecule has 0 aromatic heterocycles. The maximum atomic E-state index is 11.0. The first-order chi connectivity index (χ1) is 10.1. The predicted molar refractivity (Wildman–Crippen MR) is 81.6 cm³/mol. The summed E-state index contributed by atoms with van der Waals surface area (Å²) in [6.45, 7) is 8.03. The van der Waals surface area contributed by atoms with Gasteiger partial charge in [0.25, 0.3) is 0 Å². The van der Waals surface area contributed by atoms with Crippen LogP contribution in [0, 0.1) is 10.1 Å². The maximum absolute atomic E-state index is 11.0. The number of nitro groups is 1. The van der Waals surface area contributed by atoms with Gasteiger partial charge >= 0.3 is 5.69 Å². The van der Waals surface area contributed by atoms with Crippen LogP contribution >= 0.6 is 0 Å². The average Bonchev–Trinajstić information content (AvgIpc) is 2.49. The number of rotatable bonds is 10. The fraction of sp³-hybridized carbons (Fsp3) is 0.467. The minimum Gasteiger partial charge on any atom is -0.482 e. The van der Waals surface area contributed by atoms with Gasteiger partial charge in [0, 0.05) is 26.3 Å². The van der Waals surface area contributed by atoms with Gasteiger partial charge in [-0.25, -0.2) is 0 Å². The Bertz CT molecular complexity index is 489. The number of ether oxygens (including phenoxy) is 2. The number of nitro benzene ring substituents is 1. The van der Waals surface area contributed by atoms with E-state index >= 15 is 0 Å². The molecule has 1 aromatic carbocycles. The Morgan fingerprint density at radius 1 is 1.48 bits per heavy atom. The minimum atomic E-state index is -0.438. The zero-order valence-electron chi connectivity index (χ0n) is 12.6. The second-order valence-electron chi connectivity index (χ2n) is 4.62. The second kappa shape index (κ2) is 9.10. The van der Waals surface area contributed by atoms with Crippen molar-refractivity contribution < 1.29 is 14.4 Å². The van der Waals surface area contributed by atoms with Gasteiger partial charge in [0.05, 0.1) is 11.5 Å². The van der Waals surface area contributed by atoms with Crippen molar-refractivity contribution in [2.45, 2.75) is 19.9 Å². The summed E-state index contributed by atoms with van der Waals surface area (Å²) in [4.78, 5) is 10.6. The van der Waals surface area contributed by atoms with Crippen LogP contribution in [0.4, 0.5) is 5.69 Å². The van der Waals surface area contributed by atoms with E-state index in [-0.39, 0.29) is 18.0 Å². The summed E-state index contributed by atoms with van der Waals surface area (Å²) in [5.41, 5.74) is 1.79. The molecule has 0 aliphatic heterocycles. The number of benzene rings is 1. The summed E-state index contributed by atoms with van der Waals surface area (Å²) in [6.07, 6.45) is 0.784. The Morgan fingerprint density at radius 3 is 2.86 bits per heavy atom. The summed E-state index contributed by atoms with van der Waals surface area (Å²) in [5, 5.41) is 14.2. The zero-order valence-corrected chi connectivity index (χ0v) is 12.6. The van der Waals surface area contributed by atoms with E-state index in [2.05, 4.69) is 11.9 Å². The first-order valence-electron chi connectivity index (χ1n) is 6.84. The van der Waals surface area contributed by atoms with Crippen LogP contribution in [0.3, 0.4) is 0 Å². The fourth-order valence-electron chi connectivity index (χ4n) is 1.62. The van der Waals surface area contributed by atoms with Crippen molar-refractivity contribution in [3.63, 3.8) is 0 Å². The van der Waals surface area contributed by atoms with Crippen molar-refractivity contribution in [2.75, 3.05) is 26.9 Å². The molecule has 0 saturated carbocycles. The number of methoxy groups -OCH3 is 1. The van der Waals surface area contributed by atoms with Crippen LogP contribution in [-0.4, -0.2) is 31.8 Å². The summed E-state index contributed by atoms with van der Waals surface area (Å²) in [6, 6.07) is 4.89. The van der Waals surface area contributed by atoms with Gasteiger partial charge in [0.2, 0.25) is 0 Å². The van der Waals surface area contributed by atoms with Crippen LogP contribution in [0.25, 0.3) is 0 Å². The van der Waals surface area contributed by atoms with Crippen LogP contribution < -0.4 is 10.1 Å². The van der Waals surface area contributed by atoms with Crippen LogP contribution in [0.1, 0.15) is 18.9 Å². The second-order valence-corrected chi connectivity index (χ2v) is 4.62. The molecule has 0 fully saturated rings. The Balaban J connectivity index is 2.75. The van der Waals surface area contributed by atoms with E-state index in [9.17, 15) is 10.1 Å². The Labute approximate surface area is 124 Å². The lowest BCUT2D eigenvalue weighted by Crippen LogP contribution is -2.18. The van der Waals surface area contributed by atoms with Gasteiger partial charge in [-0.1, -0.05) is 19.6 Å². The highest BCUT2D eigenvalue weighted by Gasteiger charge is 2.15. The molecule has 1 N–H and O–H groups in total. The van der Waals surface area contributed by atoms with E-state index in [1.807, 2.05) is 6.92 Å². The summed E-state index contributed by atoms with van der Waals surface area (Å²) in [7, 11) is 1.64. The smallest absolute Gasteiger partial charge is 0.310 e. The molecule has 0 atom stereocenters.